The molecule has 1 nitrogen and oxygen atoms in total. The lowest BCUT2D eigenvalue weighted by atomic mass is 9.68. The summed E-state index contributed by atoms with van der Waals surface area (Å²) in [6.07, 6.45) is 16.6. The summed E-state index contributed by atoms with van der Waals surface area (Å²) in [7, 11) is 0. The van der Waals surface area contributed by atoms with E-state index in [9.17, 15) is 0 Å². The van der Waals surface area contributed by atoms with Gasteiger partial charge in [-0.2, -0.15) is 5.26 Å². The maximum absolute atomic E-state index is 8.55. The van der Waals surface area contributed by atoms with Gasteiger partial charge in [-0.1, -0.05) is 65.7 Å². The van der Waals surface area contributed by atoms with E-state index in [0.29, 0.717) is 11.3 Å². The van der Waals surface area contributed by atoms with Crippen molar-refractivity contribution >= 4 is 15.9 Å². The minimum atomic E-state index is 0.324. The molecule has 0 aromatic heterocycles. The first-order valence-corrected chi connectivity index (χ1v) is 8.11. The number of nitriles is 1. The largest absolute Gasteiger partial charge is 0.193 e. The topological polar surface area (TPSA) is 23.8 Å². The Balaban J connectivity index is 2.75. The van der Waals surface area contributed by atoms with Crippen molar-refractivity contribution in [2.45, 2.75) is 40.5 Å². The number of halogens is 1. The quantitative estimate of drug-likeness (QED) is 0.336. The van der Waals surface area contributed by atoms with Gasteiger partial charge in [-0.3, -0.25) is 0 Å². The molecule has 1 aliphatic rings. The summed E-state index contributed by atoms with van der Waals surface area (Å²) in [5.74, 6) is 0.497. The summed E-state index contributed by atoms with van der Waals surface area (Å²) in [4.78, 5) is 0. The average molecular weight is 346 g/mol. The lowest BCUT2D eigenvalue weighted by molar-refractivity contribution is 0.255. The highest BCUT2D eigenvalue weighted by molar-refractivity contribution is 9.11. The SMILES string of the molecule is CC1=CCCC(C)(C)C1/C=C/C(Br)=C\C=C\C(C)=C\C#N. The molecule has 0 amide bonds. The molecule has 2 heteroatoms. The van der Waals surface area contributed by atoms with Gasteiger partial charge in [-0.15, -0.1) is 0 Å². The van der Waals surface area contributed by atoms with Crippen LogP contribution >= 0.6 is 15.9 Å². The fourth-order valence-electron chi connectivity index (χ4n) is 2.67. The zero-order valence-corrected chi connectivity index (χ0v) is 14.9. The summed E-state index contributed by atoms with van der Waals surface area (Å²) in [6.45, 7) is 8.82. The number of nitrogens with zero attached hydrogens (tertiary/aromatic N) is 1. The second kappa shape index (κ2) is 8.20. The van der Waals surface area contributed by atoms with Gasteiger partial charge in [0.15, 0.2) is 0 Å². The van der Waals surface area contributed by atoms with Crippen LogP contribution in [-0.2, 0) is 0 Å². The van der Waals surface area contributed by atoms with Gasteiger partial charge < -0.3 is 0 Å². The van der Waals surface area contributed by atoms with Gasteiger partial charge in [0.05, 0.1) is 6.07 Å². The molecule has 1 rings (SSSR count). The van der Waals surface area contributed by atoms with E-state index in [2.05, 4.69) is 54.9 Å². The molecule has 0 aliphatic heterocycles. The summed E-state index contributed by atoms with van der Waals surface area (Å²) in [6, 6.07) is 2.02. The lowest BCUT2D eigenvalue weighted by Gasteiger charge is -2.36. The molecule has 112 valence electrons. The molecular weight excluding hydrogens is 322 g/mol. The molecule has 1 aliphatic carbocycles. The van der Waals surface area contributed by atoms with Crippen molar-refractivity contribution in [3.05, 3.63) is 58.2 Å². The fraction of sp³-hybridized carbons (Fsp3) is 0.421. The highest BCUT2D eigenvalue weighted by Crippen LogP contribution is 2.41. The molecule has 0 radical (unpaired) electrons. The first-order chi connectivity index (χ1) is 9.86. The van der Waals surface area contributed by atoms with Crippen LogP contribution in [-0.4, -0.2) is 0 Å². The molecule has 1 unspecified atom stereocenters. The third kappa shape index (κ3) is 5.89. The number of allylic oxidation sites excluding steroid dienone is 10. The Bertz CT molecular complexity index is 551. The number of rotatable bonds is 4. The highest BCUT2D eigenvalue weighted by Gasteiger charge is 2.30. The van der Waals surface area contributed by atoms with Crippen molar-refractivity contribution in [1.82, 2.24) is 0 Å². The van der Waals surface area contributed by atoms with E-state index < -0.39 is 0 Å². The first-order valence-electron chi connectivity index (χ1n) is 7.32. The molecule has 0 saturated carbocycles. The van der Waals surface area contributed by atoms with Crippen LogP contribution in [0.1, 0.15) is 40.5 Å². The average Bonchev–Trinajstić information content (AvgIpc) is 2.37. The van der Waals surface area contributed by atoms with Crippen molar-refractivity contribution in [2.24, 2.45) is 11.3 Å². The van der Waals surface area contributed by atoms with Crippen molar-refractivity contribution < 1.29 is 0 Å². The third-order valence-corrected chi connectivity index (χ3v) is 4.47. The Morgan fingerprint density at radius 3 is 2.76 bits per heavy atom. The van der Waals surface area contributed by atoms with Crippen molar-refractivity contribution in [3.63, 3.8) is 0 Å². The summed E-state index contributed by atoms with van der Waals surface area (Å²) >= 11 is 3.57. The lowest BCUT2D eigenvalue weighted by Crippen LogP contribution is -2.26. The molecule has 0 saturated heterocycles. The maximum Gasteiger partial charge on any atom is 0.0914 e. The Kier molecular flexibility index (Phi) is 6.92. The highest BCUT2D eigenvalue weighted by atomic mass is 79.9. The van der Waals surface area contributed by atoms with Crippen LogP contribution in [0.15, 0.2) is 58.2 Å². The third-order valence-electron chi connectivity index (χ3n) is 3.94. The summed E-state index contributed by atoms with van der Waals surface area (Å²) < 4.78 is 1.04. The molecular formula is C19H24BrN. The van der Waals surface area contributed by atoms with Gasteiger partial charge >= 0.3 is 0 Å². The Labute approximate surface area is 137 Å². The van der Waals surface area contributed by atoms with Crippen LogP contribution in [0.25, 0.3) is 0 Å². The van der Waals surface area contributed by atoms with Crippen LogP contribution in [0.5, 0.6) is 0 Å². The summed E-state index contributed by atoms with van der Waals surface area (Å²) in [5, 5.41) is 8.55. The van der Waals surface area contributed by atoms with Crippen LogP contribution < -0.4 is 0 Å². The van der Waals surface area contributed by atoms with E-state index in [0.717, 1.165) is 10.1 Å². The second-order valence-corrected chi connectivity index (χ2v) is 7.16. The van der Waals surface area contributed by atoms with E-state index in [1.165, 1.54) is 24.5 Å². The number of hydrogen-bond acceptors (Lipinski definition) is 1. The zero-order chi connectivity index (χ0) is 15.9. The van der Waals surface area contributed by atoms with E-state index in [-0.39, 0.29) is 0 Å². The number of hydrogen-bond donors (Lipinski definition) is 0. The minimum Gasteiger partial charge on any atom is -0.193 e. The predicted molar refractivity (Wildman–Crippen MR) is 94.9 cm³/mol. The molecule has 0 N–H and O–H groups in total. The normalized spacial score (nSPS) is 23.4. The molecule has 0 fully saturated rings. The molecule has 1 atom stereocenters. The van der Waals surface area contributed by atoms with Gasteiger partial charge in [0.25, 0.3) is 0 Å². The van der Waals surface area contributed by atoms with Crippen LogP contribution in [0.2, 0.25) is 0 Å². The van der Waals surface area contributed by atoms with E-state index in [4.69, 9.17) is 5.26 Å². The van der Waals surface area contributed by atoms with E-state index >= 15 is 0 Å². The standard InChI is InChI=1S/C19H24BrN/c1-15(12-14-21)7-5-9-17(20)10-11-18-16(2)8-6-13-19(18,3)4/h5,7-12,18H,6,13H2,1-4H3/b7-5+,11-10+,15-12+,17-9+. The Hall–Kier alpha value is -1.33. The van der Waals surface area contributed by atoms with Crippen LogP contribution in [0.3, 0.4) is 0 Å². The Morgan fingerprint density at radius 2 is 2.14 bits per heavy atom. The van der Waals surface area contributed by atoms with Crippen molar-refractivity contribution in [2.75, 3.05) is 0 Å². The minimum absolute atomic E-state index is 0.324. The summed E-state index contributed by atoms with van der Waals surface area (Å²) in [5.41, 5.74) is 2.74. The smallest absolute Gasteiger partial charge is 0.0914 e. The van der Waals surface area contributed by atoms with Gasteiger partial charge in [0, 0.05) is 16.5 Å². The molecule has 0 spiro atoms. The van der Waals surface area contributed by atoms with Crippen molar-refractivity contribution in [3.8, 4) is 6.07 Å². The molecule has 0 aromatic carbocycles. The van der Waals surface area contributed by atoms with Gasteiger partial charge in [0.1, 0.15) is 0 Å². The second-order valence-electron chi connectivity index (χ2n) is 6.24. The van der Waals surface area contributed by atoms with Crippen LogP contribution in [0, 0.1) is 22.7 Å². The van der Waals surface area contributed by atoms with E-state index in [1.807, 2.05) is 31.2 Å². The van der Waals surface area contributed by atoms with Gasteiger partial charge in [-0.25, -0.2) is 0 Å². The Morgan fingerprint density at radius 1 is 1.43 bits per heavy atom. The van der Waals surface area contributed by atoms with Gasteiger partial charge in [-0.05, 0) is 43.8 Å². The predicted octanol–water partition coefficient (Wildman–Crippen LogP) is 6.23. The van der Waals surface area contributed by atoms with Crippen LogP contribution in [0.4, 0.5) is 0 Å². The monoisotopic (exact) mass is 345 g/mol. The van der Waals surface area contributed by atoms with Gasteiger partial charge in [0.2, 0.25) is 0 Å². The van der Waals surface area contributed by atoms with E-state index in [1.54, 1.807) is 0 Å². The molecule has 21 heavy (non-hydrogen) atoms. The maximum atomic E-state index is 8.55. The van der Waals surface area contributed by atoms with Crippen molar-refractivity contribution in [1.29, 1.82) is 5.26 Å². The molecule has 0 bridgehead atoms. The molecule has 0 aromatic rings. The first kappa shape index (κ1) is 17.7. The fourth-order valence-corrected chi connectivity index (χ4v) is 2.97. The zero-order valence-electron chi connectivity index (χ0n) is 13.4. The molecule has 0 heterocycles.